The predicted octanol–water partition coefficient (Wildman–Crippen LogP) is 4.62. The van der Waals surface area contributed by atoms with E-state index in [1.54, 1.807) is 0 Å². The van der Waals surface area contributed by atoms with Gasteiger partial charge in [-0.1, -0.05) is 32.1 Å². The minimum absolute atomic E-state index is 0.0510. The number of fused-ring (bicyclic) bond motifs is 5. The van der Waals surface area contributed by atoms with Crippen LogP contribution in [0.4, 0.5) is 0 Å². The van der Waals surface area contributed by atoms with Gasteiger partial charge in [-0.15, -0.1) is 0 Å². The molecular formula is C22H30O3. The Labute approximate surface area is 150 Å². The van der Waals surface area contributed by atoms with E-state index < -0.39 is 0 Å². The number of hydrogen-bond acceptors (Lipinski definition) is 3. The van der Waals surface area contributed by atoms with E-state index in [0.717, 1.165) is 50.5 Å². The number of carbonyl (C=O) groups is 2. The first kappa shape index (κ1) is 17.1. The van der Waals surface area contributed by atoms with E-state index in [2.05, 4.69) is 26.5 Å². The van der Waals surface area contributed by atoms with Gasteiger partial charge in [0.25, 0.3) is 0 Å². The zero-order chi connectivity index (χ0) is 18.0. The number of ketones is 1. The zero-order valence-electron chi connectivity index (χ0n) is 15.8. The lowest BCUT2D eigenvalue weighted by atomic mass is 9.48. The number of ether oxygens (including phenoxy) is 1. The molecule has 0 aromatic rings. The molecule has 0 unspecified atom stereocenters. The molecule has 0 amide bonds. The molecule has 0 N–H and O–H groups in total. The molecule has 3 nitrogen and oxygen atoms in total. The summed E-state index contributed by atoms with van der Waals surface area (Å²) in [5, 5.41) is 0. The number of esters is 1. The normalized spacial score (nSPS) is 46.0. The van der Waals surface area contributed by atoms with E-state index >= 15 is 0 Å². The molecule has 6 atom stereocenters. The van der Waals surface area contributed by atoms with Crippen molar-refractivity contribution in [2.24, 2.45) is 28.6 Å². The highest BCUT2D eigenvalue weighted by molar-refractivity contribution is 6.02. The highest BCUT2D eigenvalue weighted by Crippen LogP contribution is 2.64. The average Bonchev–Trinajstić information content (AvgIpc) is 2.78. The van der Waals surface area contributed by atoms with Crippen molar-refractivity contribution in [1.82, 2.24) is 0 Å². The summed E-state index contributed by atoms with van der Waals surface area (Å²) in [7, 11) is 0. The van der Waals surface area contributed by atoms with Crippen molar-refractivity contribution in [3.63, 3.8) is 0 Å². The molecule has 0 spiro atoms. The third-order valence-corrected chi connectivity index (χ3v) is 8.09. The standard InChI is InChI=1S/C22H30O3/c1-13-11-19-17-6-5-15-12-16(25-14(2)23)7-9-21(15,3)18(17)8-10-22(19,4)20(13)24/h5,16-19H,1,6-12H2,2-4H3/t16-,17+,18+,19+,21+,22+/m0/s1. The van der Waals surface area contributed by atoms with Crippen LogP contribution in [0.1, 0.15) is 65.7 Å². The second kappa shape index (κ2) is 5.56. The van der Waals surface area contributed by atoms with E-state index in [-0.39, 0.29) is 22.9 Å². The van der Waals surface area contributed by atoms with E-state index in [9.17, 15) is 9.59 Å². The molecule has 4 aliphatic carbocycles. The van der Waals surface area contributed by atoms with Crippen molar-refractivity contribution < 1.29 is 14.3 Å². The Bertz CT molecular complexity index is 675. The zero-order valence-corrected chi connectivity index (χ0v) is 15.8. The van der Waals surface area contributed by atoms with Crippen LogP contribution in [0.25, 0.3) is 0 Å². The topological polar surface area (TPSA) is 43.4 Å². The third kappa shape index (κ3) is 2.38. The van der Waals surface area contributed by atoms with Crippen LogP contribution in [-0.4, -0.2) is 17.9 Å². The van der Waals surface area contributed by atoms with Crippen molar-refractivity contribution in [1.29, 1.82) is 0 Å². The molecule has 3 heteroatoms. The van der Waals surface area contributed by atoms with Gasteiger partial charge in [-0.05, 0) is 67.3 Å². The number of Topliss-reactive ketones (excluding diaryl/α,β-unsaturated/α-hetero) is 1. The molecule has 136 valence electrons. The third-order valence-electron chi connectivity index (χ3n) is 8.09. The molecule has 3 saturated carbocycles. The minimum Gasteiger partial charge on any atom is -0.462 e. The fourth-order valence-corrected chi connectivity index (χ4v) is 6.70. The quantitative estimate of drug-likeness (QED) is 0.397. The molecule has 0 aliphatic heterocycles. The van der Waals surface area contributed by atoms with Gasteiger partial charge in [-0.25, -0.2) is 0 Å². The maximum atomic E-state index is 12.7. The first-order chi connectivity index (χ1) is 11.8. The molecule has 0 aromatic heterocycles. The SMILES string of the molecule is C=C1C[C@@H]2[C@@H]3CC=C4C[C@@H](OC(C)=O)CC[C@@]4(C)[C@@H]3CC[C@@]2(C)C1=O. The average molecular weight is 342 g/mol. The van der Waals surface area contributed by atoms with Crippen molar-refractivity contribution in [3.05, 3.63) is 23.8 Å². The largest absolute Gasteiger partial charge is 0.462 e. The Morgan fingerprint density at radius 1 is 1.16 bits per heavy atom. The Morgan fingerprint density at radius 2 is 1.88 bits per heavy atom. The lowest BCUT2D eigenvalue weighted by Gasteiger charge is -2.56. The predicted molar refractivity (Wildman–Crippen MR) is 96.8 cm³/mol. The number of allylic oxidation sites excluding steroid dienone is 2. The molecule has 3 fully saturated rings. The lowest BCUT2D eigenvalue weighted by Crippen LogP contribution is -2.50. The first-order valence-corrected chi connectivity index (χ1v) is 9.85. The summed E-state index contributed by atoms with van der Waals surface area (Å²) in [6.45, 7) is 10.2. The highest BCUT2D eigenvalue weighted by Gasteiger charge is 2.59. The number of hydrogen-bond donors (Lipinski definition) is 0. The molecule has 0 heterocycles. The van der Waals surface area contributed by atoms with Gasteiger partial charge < -0.3 is 4.74 Å². The number of rotatable bonds is 1. The van der Waals surface area contributed by atoms with E-state index in [0.29, 0.717) is 23.5 Å². The number of carbonyl (C=O) groups excluding carboxylic acids is 2. The Balaban J connectivity index is 1.62. The molecule has 0 saturated heterocycles. The van der Waals surface area contributed by atoms with Crippen molar-refractivity contribution >= 4 is 11.8 Å². The molecule has 25 heavy (non-hydrogen) atoms. The van der Waals surface area contributed by atoms with Gasteiger partial charge in [0.1, 0.15) is 6.10 Å². The molecule has 0 bridgehead atoms. The minimum atomic E-state index is -0.172. The Morgan fingerprint density at radius 3 is 2.60 bits per heavy atom. The summed E-state index contributed by atoms with van der Waals surface area (Å²) >= 11 is 0. The van der Waals surface area contributed by atoms with Crippen LogP contribution in [0.5, 0.6) is 0 Å². The van der Waals surface area contributed by atoms with Crippen LogP contribution in [0.15, 0.2) is 23.8 Å². The van der Waals surface area contributed by atoms with Gasteiger partial charge in [0, 0.05) is 18.8 Å². The molecule has 0 radical (unpaired) electrons. The van der Waals surface area contributed by atoms with Gasteiger partial charge in [0.2, 0.25) is 0 Å². The summed E-state index contributed by atoms with van der Waals surface area (Å²) in [5.41, 5.74) is 2.40. The van der Waals surface area contributed by atoms with E-state index in [1.165, 1.54) is 12.5 Å². The fraction of sp³-hybridized carbons (Fsp3) is 0.727. The monoisotopic (exact) mass is 342 g/mol. The summed E-state index contributed by atoms with van der Waals surface area (Å²) in [6.07, 6.45) is 9.54. The van der Waals surface area contributed by atoms with E-state index in [4.69, 9.17) is 4.74 Å². The first-order valence-electron chi connectivity index (χ1n) is 9.85. The molecule has 4 aliphatic rings. The molecule has 0 aromatic carbocycles. The van der Waals surface area contributed by atoms with Crippen LogP contribution < -0.4 is 0 Å². The smallest absolute Gasteiger partial charge is 0.302 e. The summed E-state index contributed by atoms with van der Waals surface area (Å²) in [6, 6.07) is 0. The Hall–Kier alpha value is -1.38. The summed E-state index contributed by atoms with van der Waals surface area (Å²) in [4.78, 5) is 24.0. The highest BCUT2D eigenvalue weighted by atomic mass is 16.5. The van der Waals surface area contributed by atoms with Gasteiger partial charge in [0.05, 0.1) is 0 Å². The van der Waals surface area contributed by atoms with Crippen LogP contribution in [0, 0.1) is 28.6 Å². The van der Waals surface area contributed by atoms with Crippen molar-refractivity contribution in [3.8, 4) is 0 Å². The maximum absolute atomic E-state index is 12.7. The Kier molecular flexibility index (Phi) is 3.79. The summed E-state index contributed by atoms with van der Waals surface area (Å²) < 4.78 is 5.50. The maximum Gasteiger partial charge on any atom is 0.302 e. The van der Waals surface area contributed by atoms with Crippen LogP contribution in [0.3, 0.4) is 0 Å². The second-order valence-electron chi connectivity index (χ2n) is 9.33. The van der Waals surface area contributed by atoms with Gasteiger partial charge in [-0.2, -0.15) is 0 Å². The van der Waals surface area contributed by atoms with Crippen LogP contribution in [0.2, 0.25) is 0 Å². The van der Waals surface area contributed by atoms with Gasteiger partial charge >= 0.3 is 5.97 Å². The van der Waals surface area contributed by atoms with E-state index in [1.807, 2.05) is 0 Å². The van der Waals surface area contributed by atoms with Crippen LogP contribution in [-0.2, 0) is 14.3 Å². The fourth-order valence-electron chi connectivity index (χ4n) is 6.70. The molecule has 4 rings (SSSR count). The lowest BCUT2D eigenvalue weighted by molar-refractivity contribution is -0.148. The molecular weight excluding hydrogens is 312 g/mol. The summed E-state index contributed by atoms with van der Waals surface area (Å²) in [5.74, 6) is 1.88. The van der Waals surface area contributed by atoms with Crippen LogP contribution >= 0.6 is 0 Å². The van der Waals surface area contributed by atoms with Crippen molar-refractivity contribution in [2.75, 3.05) is 0 Å². The van der Waals surface area contributed by atoms with Gasteiger partial charge in [-0.3, -0.25) is 9.59 Å². The second-order valence-corrected chi connectivity index (χ2v) is 9.33. The van der Waals surface area contributed by atoms with Crippen molar-refractivity contribution in [2.45, 2.75) is 71.8 Å². The van der Waals surface area contributed by atoms with Gasteiger partial charge in [0.15, 0.2) is 5.78 Å².